The molecule has 0 aromatic heterocycles. The lowest BCUT2D eigenvalue weighted by molar-refractivity contribution is -0.146. The molecule has 0 aliphatic carbocycles. The fraction of sp³-hybridized carbons (Fsp3) is 0.263. The molecule has 0 saturated carbocycles. The van der Waals surface area contributed by atoms with Crippen LogP contribution in [0.25, 0.3) is 0 Å². The minimum atomic E-state index is -0.480. The zero-order valence-electron chi connectivity index (χ0n) is 13.9. The van der Waals surface area contributed by atoms with Crippen LogP contribution in [0.3, 0.4) is 0 Å². The molecule has 25 heavy (non-hydrogen) atoms. The van der Waals surface area contributed by atoms with E-state index in [4.69, 9.17) is 14.2 Å². The molecule has 6 heteroatoms. The first-order valence-corrected chi connectivity index (χ1v) is 8.68. The fourth-order valence-electron chi connectivity index (χ4n) is 2.00. The smallest absolute Gasteiger partial charge is 0.344 e. The zero-order chi connectivity index (χ0) is 18.1. The summed E-state index contributed by atoms with van der Waals surface area (Å²) in [7, 11) is 0. The van der Waals surface area contributed by atoms with Gasteiger partial charge in [0, 0.05) is 16.5 Å². The number of halogens is 1. The number of rotatable bonds is 9. The summed E-state index contributed by atoms with van der Waals surface area (Å²) in [6, 6.07) is 14.1. The topological polar surface area (TPSA) is 61.8 Å². The van der Waals surface area contributed by atoms with Gasteiger partial charge in [0.2, 0.25) is 0 Å². The van der Waals surface area contributed by atoms with Crippen LogP contribution >= 0.6 is 15.9 Å². The lowest BCUT2D eigenvalue weighted by Crippen LogP contribution is -2.18. The van der Waals surface area contributed by atoms with Crippen LogP contribution in [0.15, 0.2) is 53.0 Å². The normalized spacial score (nSPS) is 10.2. The van der Waals surface area contributed by atoms with Crippen molar-refractivity contribution in [3.05, 3.63) is 58.6 Å². The van der Waals surface area contributed by atoms with Gasteiger partial charge in [0.05, 0.1) is 0 Å². The Morgan fingerprint density at radius 2 is 1.72 bits per heavy atom. The van der Waals surface area contributed by atoms with Gasteiger partial charge >= 0.3 is 5.97 Å². The third-order valence-corrected chi connectivity index (χ3v) is 3.76. The van der Waals surface area contributed by atoms with E-state index in [1.54, 1.807) is 24.3 Å². The number of ether oxygens (including phenoxy) is 3. The van der Waals surface area contributed by atoms with Gasteiger partial charge in [-0.25, -0.2) is 4.79 Å². The molecule has 5 nitrogen and oxygen atoms in total. The molecule has 0 fully saturated rings. The Hall–Kier alpha value is -2.34. The largest absolute Gasteiger partial charge is 0.490 e. The van der Waals surface area contributed by atoms with E-state index in [9.17, 15) is 9.59 Å². The number of hydrogen-bond donors (Lipinski definition) is 0. The van der Waals surface area contributed by atoms with E-state index >= 15 is 0 Å². The highest BCUT2D eigenvalue weighted by Gasteiger charge is 2.06. The Bertz CT molecular complexity index is 712. The fourth-order valence-corrected chi connectivity index (χ4v) is 2.38. The number of hydrogen-bond acceptors (Lipinski definition) is 5. The average Bonchev–Trinajstić information content (AvgIpc) is 2.63. The summed E-state index contributed by atoms with van der Waals surface area (Å²) in [5.41, 5.74) is 0.627. The van der Waals surface area contributed by atoms with Gasteiger partial charge in [0.25, 0.3) is 0 Å². The van der Waals surface area contributed by atoms with Crippen molar-refractivity contribution in [2.24, 2.45) is 0 Å². The van der Waals surface area contributed by atoms with E-state index in [-0.39, 0.29) is 25.6 Å². The van der Waals surface area contributed by atoms with E-state index in [0.717, 1.165) is 4.47 Å². The minimum Gasteiger partial charge on any atom is -0.490 e. The quantitative estimate of drug-likeness (QED) is 0.357. The molecule has 0 spiro atoms. The maximum absolute atomic E-state index is 11.6. The number of esters is 1. The summed E-state index contributed by atoms with van der Waals surface area (Å²) in [4.78, 5) is 23.2. The van der Waals surface area contributed by atoms with Crippen LogP contribution in [-0.2, 0) is 9.53 Å². The molecule has 0 atom stereocenters. The van der Waals surface area contributed by atoms with Gasteiger partial charge in [-0.15, -0.1) is 0 Å². The number of carbonyl (C=O) groups is 2. The van der Waals surface area contributed by atoms with Crippen LogP contribution in [0.2, 0.25) is 0 Å². The van der Waals surface area contributed by atoms with Crippen molar-refractivity contribution in [1.82, 2.24) is 0 Å². The third-order valence-electron chi connectivity index (χ3n) is 3.27. The predicted molar refractivity (Wildman–Crippen MR) is 97.2 cm³/mol. The minimum absolute atomic E-state index is 0.0661. The third kappa shape index (κ3) is 6.58. The highest BCUT2D eigenvalue weighted by Crippen LogP contribution is 2.17. The lowest BCUT2D eigenvalue weighted by atomic mass is 10.1. The molecule has 132 valence electrons. The van der Waals surface area contributed by atoms with Gasteiger partial charge in [-0.1, -0.05) is 28.9 Å². The zero-order valence-corrected chi connectivity index (χ0v) is 15.5. The van der Waals surface area contributed by atoms with Gasteiger partial charge in [-0.3, -0.25) is 4.79 Å². The maximum atomic E-state index is 11.6. The molecule has 0 heterocycles. The van der Waals surface area contributed by atoms with Crippen molar-refractivity contribution in [2.45, 2.75) is 13.3 Å². The van der Waals surface area contributed by atoms with Gasteiger partial charge in [0.15, 0.2) is 12.4 Å². The molecule has 0 N–H and O–H groups in total. The SMILES string of the molecule is CCC(=O)c1ccc(OCC(=O)OCCOc2cccc(Br)c2)cc1. The first kappa shape index (κ1) is 19.0. The first-order chi connectivity index (χ1) is 12.1. The van der Waals surface area contributed by atoms with E-state index in [2.05, 4.69) is 15.9 Å². The number of benzene rings is 2. The van der Waals surface area contributed by atoms with Crippen molar-refractivity contribution >= 4 is 27.7 Å². The molecule has 0 bridgehead atoms. The summed E-state index contributed by atoms with van der Waals surface area (Å²) in [5, 5.41) is 0. The molecule has 2 aromatic carbocycles. The molecule has 2 rings (SSSR count). The Kier molecular flexibility index (Phi) is 7.47. The molecule has 0 aliphatic heterocycles. The Balaban J connectivity index is 1.66. The summed E-state index contributed by atoms with van der Waals surface area (Å²) in [5.74, 6) is 0.793. The predicted octanol–water partition coefficient (Wildman–Crippen LogP) is 4.04. The summed E-state index contributed by atoms with van der Waals surface area (Å²) >= 11 is 3.35. The van der Waals surface area contributed by atoms with Crippen LogP contribution in [-0.4, -0.2) is 31.6 Å². The van der Waals surface area contributed by atoms with Crippen molar-refractivity contribution < 1.29 is 23.8 Å². The highest BCUT2D eigenvalue weighted by atomic mass is 79.9. The van der Waals surface area contributed by atoms with E-state index in [1.807, 2.05) is 31.2 Å². The van der Waals surface area contributed by atoms with E-state index in [1.165, 1.54) is 0 Å². The second-order valence-corrected chi connectivity index (χ2v) is 6.03. The Labute approximate surface area is 155 Å². The van der Waals surface area contributed by atoms with Gasteiger partial charge in [0.1, 0.15) is 24.7 Å². The number of ketones is 1. The molecule has 0 aliphatic rings. The second kappa shape index (κ2) is 9.84. The molecule has 0 amide bonds. The highest BCUT2D eigenvalue weighted by molar-refractivity contribution is 9.10. The summed E-state index contributed by atoms with van der Waals surface area (Å²) in [6.07, 6.45) is 0.453. The van der Waals surface area contributed by atoms with Crippen LogP contribution in [0.4, 0.5) is 0 Å². The van der Waals surface area contributed by atoms with Crippen LogP contribution in [0.5, 0.6) is 11.5 Å². The van der Waals surface area contributed by atoms with Gasteiger partial charge in [-0.2, -0.15) is 0 Å². The standard InChI is InChI=1S/C19H19BrO5/c1-2-18(21)14-6-8-16(9-7-14)25-13-19(22)24-11-10-23-17-5-3-4-15(20)12-17/h3-9,12H,2,10-11,13H2,1H3. The van der Waals surface area contributed by atoms with Crippen molar-refractivity contribution in [1.29, 1.82) is 0 Å². The van der Waals surface area contributed by atoms with Crippen molar-refractivity contribution in [3.8, 4) is 11.5 Å². The second-order valence-electron chi connectivity index (χ2n) is 5.12. The monoisotopic (exact) mass is 406 g/mol. The van der Waals surface area contributed by atoms with Gasteiger partial charge < -0.3 is 14.2 Å². The van der Waals surface area contributed by atoms with E-state index < -0.39 is 5.97 Å². The number of Topliss-reactive ketones (excluding diaryl/α,β-unsaturated/α-hetero) is 1. The Morgan fingerprint density at radius 1 is 0.960 bits per heavy atom. The molecular formula is C19H19BrO5. The average molecular weight is 407 g/mol. The Morgan fingerprint density at radius 3 is 2.40 bits per heavy atom. The molecule has 0 saturated heterocycles. The molecular weight excluding hydrogens is 388 g/mol. The summed E-state index contributed by atoms with van der Waals surface area (Å²) < 4.78 is 16.8. The molecule has 2 aromatic rings. The first-order valence-electron chi connectivity index (χ1n) is 7.88. The van der Waals surface area contributed by atoms with Crippen molar-refractivity contribution in [3.63, 3.8) is 0 Å². The van der Waals surface area contributed by atoms with Gasteiger partial charge in [-0.05, 0) is 42.5 Å². The van der Waals surface area contributed by atoms with Crippen LogP contribution < -0.4 is 9.47 Å². The molecule has 0 unspecified atom stereocenters. The maximum Gasteiger partial charge on any atom is 0.344 e. The van der Waals surface area contributed by atoms with Crippen LogP contribution in [0.1, 0.15) is 23.7 Å². The lowest BCUT2D eigenvalue weighted by Gasteiger charge is -2.09. The van der Waals surface area contributed by atoms with Crippen molar-refractivity contribution in [2.75, 3.05) is 19.8 Å². The number of carbonyl (C=O) groups excluding carboxylic acids is 2. The molecule has 0 radical (unpaired) electrons. The van der Waals surface area contributed by atoms with Crippen LogP contribution in [0, 0.1) is 0 Å². The van der Waals surface area contributed by atoms with E-state index in [0.29, 0.717) is 23.5 Å². The summed E-state index contributed by atoms with van der Waals surface area (Å²) in [6.45, 7) is 2.01.